The van der Waals surface area contributed by atoms with E-state index in [1.54, 1.807) is 0 Å². The van der Waals surface area contributed by atoms with Crippen LogP contribution in [-0.4, -0.2) is 23.5 Å². The molecule has 1 heteroatoms. The van der Waals surface area contributed by atoms with Crippen molar-refractivity contribution in [2.45, 2.75) is 156 Å². The van der Waals surface area contributed by atoms with Crippen LogP contribution >= 0.6 is 0 Å². The Bertz CT molecular complexity index is 380. The molecule has 0 aliphatic carbocycles. The van der Waals surface area contributed by atoms with Crippen LogP contribution in [0, 0.1) is 11.3 Å². The molecule has 1 nitrogen and oxygen atoms in total. The number of piperidine rings is 1. The molecule has 0 aromatic rings. The molecule has 29 heavy (non-hydrogen) atoms. The van der Waals surface area contributed by atoms with Crippen molar-refractivity contribution in [2.75, 3.05) is 13.1 Å². The molecule has 0 spiro atoms. The Morgan fingerprint density at radius 2 is 1.10 bits per heavy atom. The van der Waals surface area contributed by atoms with Crippen LogP contribution in [0.3, 0.4) is 0 Å². The molecule has 0 bridgehead atoms. The summed E-state index contributed by atoms with van der Waals surface area (Å²) in [4.78, 5) is 2.92. The van der Waals surface area contributed by atoms with Gasteiger partial charge in [-0.25, -0.2) is 0 Å². The van der Waals surface area contributed by atoms with Gasteiger partial charge >= 0.3 is 0 Å². The highest BCUT2D eigenvalue weighted by atomic mass is 15.2. The van der Waals surface area contributed by atoms with E-state index in [1.165, 1.54) is 122 Å². The van der Waals surface area contributed by atoms with E-state index in [1.807, 2.05) is 0 Å². The van der Waals surface area contributed by atoms with Crippen molar-refractivity contribution in [1.82, 2.24) is 4.90 Å². The molecule has 0 amide bonds. The molecule has 174 valence electrons. The maximum Gasteiger partial charge on any atom is 0.0181 e. The van der Waals surface area contributed by atoms with Gasteiger partial charge in [0.15, 0.2) is 0 Å². The van der Waals surface area contributed by atoms with Crippen molar-refractivity contribution < 1.29 is 0 Å². The minimum Gasteiger partial charge on any atom is -0.298 e. The minimum atomic E-state index is 0.461. The fourth-order valence-electron chi connectivity index (χ4n) is 5.70. The van der Waals surface area contributed by atoms with Crippen LogP contribution in [0.5, 0.6) is 0 Å². The minimum absolute atomic E-state index is 0.461. The smallest absolute Gasteiger partial charge is 0.0181 e. The SMILES string of the molecule is CCCCCCCC(C)(CCCCCC)N1CCC(CC(C)(C)CCCC)CC1. The standard InChI is InChI=1S/C28H57N/c1-7-10-13-15-17-22-28(6,21-16-14-11-8-2)29-23-18-26(19-24-29)25-27(4,5)20-12-9-3/h26H,7-25H2,1-6H3. The van der Waals surface area contributed by atoms with Gasteiger partial charge in [-0.1, -0.05) is 105 Å². The molecular formula is C28H57N. The number of hydrogen-bond acceptors (Lipinski definition) is 1. The van der Waals surface area contributed by atoms with Crippen molar-refractivity contribution in [3.63, 3.8) is 0 Å². The highest BCUT2D eigenvalue weighted by Gasteiger charge is 2.34. The van der Waals surface area contributed by atoms with Gasteiger partial charge in [0, 0.05) is 5.54 Å². The summed E-state index contributed by atoms with van der Waals surface area (Å²) in [5.41, 5.74) is 1.01. The monoisotopic (exact) mass is 407 g/mol. The molecule has 1 fully saturated rings. The molecule has 0 radical (unpaired) electrons. The van der Waals surface area contributed by atoms with Crippen LogP contribution in [0.25, 0.3) is 0 Å². The van der Waals surface area contributed by atoms with Crippen LogP contribution in [0.1, 0.15) is 151 Å². The second-order valence-corrected chi connectivity index (χ2v) is 11.4. The molecule has 0 N–H and O–H groups in total. The second kappa shape index (κ2) is 14.9. The number of rotatable bonds is 17. The average molecular weight is 408 g/mol. The summed E-state index contributed by atoms with van der Waals surface area (Å²) in [6.07, 6.45) is 24.1. The Morgan fingerprint density at radius 1 is 0.621 bits per heavy atom. The third-order valence-electron chi connectivity index (χ3n) is 7.81. The first-order valence-corrected chi connectivity index (χ1v) is 13.6. The summed E-state index contributed by atoms with van der Waals surface area (Å²) >= 11 is 0. The average Bonchev–Trinajstić information content (AvgIpc) is 2.70. The fraction of sp³-hybridized carbons (Fsp3) is 1.00. The van der Waals surface area contributed by atoms with E-state index >= 15 is 0 Å². The molecule has 1 rings (SSSR count). The van der Waals surface area contributed by atoms with Crippen LogP contribution in [0.15, 0.2) is 0 Å². The summed E-state index contributed by atoms with van der Waals surface area (Å²) in [7, 11) is 0. The molecule has 1 atom stereocenters. The zero-order valence-corrected chi connectivity index (χ0v) is 21.5. The van der Waals surface area contributed by atoms with Gasteiger partial charge in [0.2, 0.25) is 0 Å². The predicted molar refractivity (Wildman–Crippen MR) is 133 cm³/mol. The molecule has 1 unspecified atom stereocenters. The van der Waals surface area contributed by atoms with E-state index in [2.05, 4.69) is 46.4 Å². The van der Waals surface area contributed by atoms with Gasteiger partial charge < -0.3 is 0 Å². The Morgan fingerprint density at radius 3 is 1.62 bits per heavy atom. The van der Waals surface area contributed by atoms with Gasteiger partial charge in [-0.05, 0) is 69.9 Å². The third-order valence-corrected chi connectivity index (χ3v) is 7.81. The number of hydrogen-bond donors (Lipinski definition) is 0. The maximum atomic E-state index is 2.92. The first-order valence-electron chi connectivity index (χ1n) is 13.6. The normalized spacial score (nSPS) is 18.8. The van der Waals surface area contributed by atoms with Crippen molar-refractivity contribution in [2.24, 2.45) is 11.3 Å². The quantitative estimate of drug-likeness (QED) is 0.217. The lowest BCUT2D eigenvalue weighted by Crippen LogP contribution is -2.50. The molecular weight excluding hydrogens is 350 g/mol. The predicted octanol–water partition coefficient (Wildman–Crippen LogP) is 9.39. The Hall–Kier alpha value is -0.0400. The number of nitrogens with zero attached hydrogens (tertiary/aromatic N) is 1. The maximum absolute atomic E-state index is 2.92. The van der Waals surface area contributed by atoms with E-state index < -0.39 is 0 Å². The second-order valence-electron chi connectivity index (χ2n) is 11.4. The van der Waals surface area contributed by atoms with Gasteiger partial charge in [-0.2, -0.15) is 0 Å². The lowest BCUT2D eigenvalue weighted by molar-refractivity contribution is 0.0356. The molecule has 1 heterocycles. The van der Waals surface area contributed by atoms with Crippen LogP contribution in [0.2, 0.25) is 0 Å². The Labute approximate surface area is 185 Å². The Kier molecular flexibility index (Phi) is 13.8. The summed E-state index contributed by atoms with van der Waals surface area (Å²) in [6.45, 7) is 17.3. The van der Waals surface area contributed by atoms with Gasteiger partial charge in [0.05, 0.1) is 0 Å². The highest BCUT2D eigenvalue weighted by Crippen LogP contribution is 2.38. The molecule has 1 aliphatic rings. The fourth-order valence-corrected chi connectivity index (χ4v) is 5.70. The van der Waals surface area contributed by atoms with Gasteiger partial charge in [0.1, 0.15) is 0 Å². The molecule has 1 saturated heterocycles. The summed E-state index contributed by atoms with van der Waals surface area (Å²) in [6, 6.07) is 0. The molecule has 0 aromatic heterocycles. The summed E-state index contributed by atoms with van der Waals surface area (Å²) in [5.74, 6) is 0.965. The zero-order chi connectivity index (χ0) is 21.6. The lowest BCUT2D eigenvalue weighted by atomic mass is 9.75. The van der Waals surface area contributed by atoms with Gasteiger partial charge in [-0.3, -0.25) is 4.90 Å². The van der Waals surface area contributed by atoms with Crippen LogP contribution in [0.4, 0.5) is 0 Å². The van der Waals surface area contributed by atoms with Crippen molar-refractivity contribution >= 4 is 0 Å². The van der Waals surface area contributed by atoms with E-state index in [4.69, 9.17) is 0 Å². The topological polar surface area (TPSA) is 3.24 Å². The summed E-state index contributed by atoms with van der Waals surface area (Å²) < 4.78 is 0. The molecule has 0 saturated carbocycles. The molecule has 0 aromatic carbocycles. The van der Waals surface area contributed by atoms with Crippen LogP contribution in [-0.2, 0) is 0 Å². The van der Waals surface area contributed by atoms with E-state index in [9.17, 15) is 0 Å². The highest BCUT2D eigenvalue weighted by molar-refractivity contribution is 4.90. The van der Waals surface area contributed by atoms with E-state index in [-0.39, 0.29) is 0 Å². The first-order chi connectivity index (χ1) is 13.9. The number of unbranched alkanes of at least 4 members (excludes halogenated alkanes) is 8. The van der Waals surface area contributed by atoms with E-state index in [0.717, 1.165) is 5.92 Å². The third kappa shape index (κ3) is 11.2. The number of likely N-dealkylation sites (tertiary alicyclic amines) is 1. The van der Waals surface area contributed by atoms with Crippen LogP contribution < -0.4 is 0 Å². The van der Waals surface area contributed by atoms with Gasteiger partial charge in [0.25, 0.3) is 0 Å². The van der Waals surface area contributed by atoms with E-state index in [0.29, 0.717) is 11.0 Å². The first kappa shape index (κ1) is 27.0. The van der Waals surface area contributed by atoms with Gasteiger partial charge in [-0.15, -0.1) is 0 Å². The lowest BCUT2D eigenvalue weighted by Gasteiger charge is -2.46. The van der Waals surface area contributed by atoms with Crippen molar-refractivity contribution in [1.29, 1.82) is 0 Å². The van der Waals surface area contributed by atoms with Crippen molar-refractivity contribution in [3.8, 4) is 0 Å². The molecule has 1 aliphatic heterocycles. The Balaban J connectivity index is 2.53. The largest absolute Gasteiger partial charge is 0.298 e. The van der Waals surface area contributed by atoms with Crippen molar-refractivity contribution in [3.05, 3.63) is 0 Å². The zero-order valence-electron chi connectivity index (χ0n) is 21.5. The summed E-state index contributed by atoms with van der Waals surface area (Å²) in [5, 5.41) is 0.